The molecule has 0 saturated carbocycles. The van der Waals surface area contributed by atoms with Crippen molar-refractivity contribution < 1.29 is 9.53 Å². The zero-order valence-electron chi connectivity index (χ0n) is 11.6. The van der Waals surface area contributed by atoms with Crippen molar-refractivity contribution >= 4 is 49.7 Å². The largest absolute Gasteiger partial charge is 0.494 e. The molecule has 0 unspecified atom stereocenters. The van der Waals surface area contributed by atoms with Crippen molar-refractivity contribution in [2.24, 2.45) is 5.10 Å². The van der Waals surface area contributed by atoms with Gasteiger partial charge in [-0.15, -0.1) is 0 Å². The number of halogens is 2. The summed E-state index contributed by atoms with van der Waals surface area (Å²) in [4.78, 5) is 11.9. The zero-order valence-corrected chi connectivity index (χ0v) is 14.8. The van der Waals surface area contributed by atoms with Crippen molar-refractivity contribution in [1.29, 1.82) is 0 Å². The summed E-state index contributed by atoms with van der Waals surface area (Å²) in [6, 6.07) is 10.5. The first-order chi connectivity index (χ1) is 10.5. The lowest BCUT2D eigenvalue weighted by molar-refractivity contribution is 0.0956. The van der Waals surface area contributed by atoms with Gasteiger partial charge in [-0.05, 0) is 61.7 Å². The number of hydrogen-bond acceptors (Lipinski definition) is 4. The molecule has 22 heavy (non-hydrogen) atoms. The zero-order chi connectivity index (χ0) is 16.1. The maximum absolute atomic E-state index is 11.9. The SMILES string of the molecule is COc1c(Br)cc(/C=N\NC(=O)c2ccccc2N)cc1Br. The molecule has 0 aromatic heterocycles. The molecule has 7 heteroatoms. The molecule has 0 heterocycles. The Morgan fingerprint density at radius 2 is 1.91 bits per heavy atom. The van der Waals surface area contributed by atoms with Crippen molar-refractivity contribution in [3.05, 3.63) is 56.5 Å². The van der Waals surface area contributed by atoms with Crippen LogP contribution in [0.3, 0.4) is 0 Å². The third-order valence-corrected chi connectivity index (χ3v) is 3.99. The summed E-state index contributed by atoms with van der Waals surface area (Å²) in [6.07, 6.45) is 1.53. The molecule has 114 valence electrons. The molecule has 0 aliphatic carbocycles. The van der Waals surface area contributed by atoms with Gasteiger partial charge in [0.15, 0.2) is 0 Å². The standard InChI is InChI=1S/C15H13Br2N3O2/c1-22-14-11(16)6-9(7-12(14)17)8-19-20-15(21)10-4-2-3-5-13(10)18/h2-8H,18H2,1H3,(H,20,21)/b19-8-. The number of methoxy groups -OCH3 is 1. The molecule has 2 aromatic carbocycles. The molecule has 0 saturated heterocycles. The van der Waals surface area contributed by atoms with Gasteiger partial charge in [0.25, 0.3) is 5.91 Å². The highest BCUT2D eigenvalue weighted by Crippen LogP contribution is 2.33. The molecule has 0 fully saturated rings. The van der Waals surface area contributed by atoms with Gasteiger partial charge in [0.2, 0.25) is 0 Å². The highest BCUT2D eigenvalue weighted by molar-refractivity contribution is 9.11. The number of benzene rings is 2. The van der Waals surface area contributed by atoms with Crippen LogP contribution in [0, 0.1) is 0 Å². The van der Waals surface area contributed by atoms with Crippen molar-refractivity contribution in [2.75, 3.05) is 12.8 Å². The van der Waals surface area contributed by atoms with E-state index in [2.05, 4.69) is 42.4 Å². The molecular formula is C15H13Br2N3O2. The Labute approximate surface area is 144 Å². The Hall–Kier alpha value is -1.86. The van der Waals surface area contributed by atoms with Crippen molar-refractivity contribution in [2.45, 2.75) is 0 Å². The van der Waals surface area contributed by atoms with Gasteiger partial charge in [-0.2, -0.15) is 5.10 Å². The van der Waals surface area contributed by atoms with E-state index in [1.54, 1.807) is 31.4 Å². The van der Waals surface area contributed by atoms with E-state index >= 15 is 0 Å². The van der Waals surface area contributed by atoms with Gasteiger partial charge >= 0.3 is 0 Å². The van der Waals surface area contributed by atoms with Crippen LogP contribution < -0.4 is 15.9 Å². The molecule has 5 nitrogen and oxygen atoms in total. The smallest absolute Gasteiger partial charge is 0.273 e. The summed E-state index contributed by atoms with van der Waals surface area (Å²) in [6.45, 7) is 0. The van der Waals surface area contributed by atoms with E-state index in [9.17, 15) is 4.79 Å². The monoisotopic (exact) mass is 425 g/mol. The van der Waals surface area contributed by atoms with E-state index in [0.717, 1.165) is 14.5 Å². The lowest BCUT2D eigenvalue weighted by Gasteiger charge is -2.07. The second-order valence-electron chi connectivity index (χ2n) is 4.30. The molecular weight excluding hydrogens is 414 g/mol. The number of para-hydroxylation sites is 1. The average Bonchev–Trinajstić information content (AvgIpc) is 2.47. The predicted molar refractivity (Wildman–Crippen MR) is 94.3 cm³/mol. The highest BCUT2D eigenvalue weighted by Gasteiger charge is 2.08. The number of amides is 1. The van der Waals surface area contributed by atoms with Crippen LogP contribution in [0.15, 0.2) is 50.4 Å². The number of nitrogens with zero attached hydrogens (tertiary/aromatic N) is 1. The highest BCUT2D eigenvalue weighted by atomic mass is 79.9. The number of hydrazone groups is 1. The maximum atomic E-state index is 11.9. The number of ether oxygens (including phenoxy) is 1. The first-order valence-corrected chi connectivity index (χ1v) is 7.82. The molecule has 0 aliphatic rings. The number of rotatable bonds is 4. The second-order valence-corrected chi connectivity index (χ2v) is 6.01. The molecule has 0 aliphatic heterocycles. The number of nitrogen functional groups attached to an aromatic ring is 1. The number of carbonyl (C=O) groups is 1. The lowest BCUT2D eigenvalue weighted by atomic mass is 10.2. The number of carbonyl (C=O) groups excluding carboxylic acids is 1. The van der Waals surface area contributed by atoms with Gasteiger partial charge in [0.1, 0.15) is 5.75 Å². The van der Waals surface area contributed by atoms with Crippen molar-refractivity contribution in [3.63, 3.8) is 0 Å². The van der Waals surface area contributed by atoms with Crippen LogP contribution in [-0.4, -0.2) is 19.2 Å². The van der Waals surface area contributed by atoms with Crippen LogP contribution in [0.25, 0.3) is 0 Å². The Morgan fingerprint density at radius 1 is 1.27 bits per heavy atom. The van der Waals surface area contributed by atoms with Gasteiger partial charge in [0.05, 0.1) is 27.8 Å². The van der Waals surface area contributed by atoms with Crippen LogP contribution in [0.4, 0.5) is 5.69 Å². The fourth-order valence-corrected chi connectivity index (χ4v) is 3.32. The minimum atomic E-state index is -0.360. The summed E-state index contributed by atoms with van der Waals surface area (Å²) < 4.78 is 6.79. The number of nitrogens with one attached hydrogen (secondary N) is 1. The topological polar surface area (TPSA) is 76.7 Å². The summed E-state index contributed by atoms with van der Waals surface area (Å²) in [7, 11) is 1.59. The van der Waals surface area contributed by atoms with Gasteiger partial charge in [0, 0.05) is 5.69 Å². The molecule has 0 spiro atoms. The Bertz CT molecular complexity index is 709. The summed E-state index contributed by atoms with van der Waals surface area (Å²) in [5.41, 5.74) is 9.77. The lowest BCUT2D eigenvalue weighted by Crippen LogP contribution is -2.19. The van der Waals surface area contributed by atoms with Gasteiger partial charge in [-0.25, -0.2) is 5.43 Å². The second kappa shape index (κ2) is 7.42. The van der Waals surface area contributed by atoms with E-state index < -0.39 is 0 Å². The summed E-state index contributed by atoms with van der Waals surface area (Å²) in [5, 5.41) is 3.93. The first kappa shape index (κ1) is 16.5. The summed E-state index contributed by atoms with van der Waals surface area (Å²) in [5.74, 6) is 0.333. The number of nitrogens with two attached hydrogens (primary N) is 1. The predicted octanol–water partition coefficient (Wildman–Crippen LogP) is 3.57. The minimum absolute atomic E-state index is 0.360. The van der Waals surface area contributed by atoms with E-state index in [1.807, 2.05) is 12.1 Å². The molecule has 0 radical (unpaired) electrons. The normalized spacial score (nSPS) is 10.7. The number of anilines is 1. The molecule has 2 aromatic rings. The Balaban J connectivity index is 2.10. The van der Waals surface area contributed by atoms with Gasteiger partial charge < -0.3 is 10.5 Å². The molecule has 0 bridgehead atoms. The fourth-order valence-electron chi connectivity index (χ4n) is 1.78. The van der Waals surface area contributed by atoms with Crippen LogP contribution in [-0.2, 0) is 0 Å². The summed E-state index contributed by atoms with van der Waals surface area (Å²) >= 11 is 6.81. The third kappa shape index (κ3) is 3.86. The molecule has 0 atom stereocenters. The number of hydrogen-bond donors (Lipinski definition) is 2. The molecule has 1 amide bonds. The molecule has 2 rings (SSSR count). The van der Waals surface area contributed by atoms with E-state index in [-0.39, 0.29) is 5.91 Å². The third-order valence-electron chi connectivity index (χ3n) is 2.81. The van der Waals surface area contributed by atoms with Crippen molar-refractivity contribution in [3.8, 4) is 5.75 Å². The first-order valence-electron chi connectivity index (χ1n) is 6.24. The Kier molecular flexibility index (Phi) is 5.57. The minimum Gasteiger partial charge on any atom is -0.494 e. The van der Waals surface area contributed by atoms with Crippen LogP contribution >= 0.6 is 31.9 Å². The van der Waals surface area contributed by atoms with Crippen LogP contribution in [0.5, 0.6) is 5.75 Å². The fraction of sp³-hybridized carbons (Fsp3) is 0.0667. The Morgan fingerprint density at radius 3 is 2.50 bits per heavy atom. The molecule has 3 N–H and O–H groups in total. The maximum Gasteiger partial charge on any atom is 0.273 e. The van der Waals surface area contributed by atoms with E-state index in [1.165, 1.54) is 6.21 Å². The van der Waals surface area contributed by atoms with Crippen molar-refractivity contribution in [1.82, 2.24) is 5.43 Å². The van der Waals surface area contributed by atoms with Crippen LogP contribution in [0.2, 0.25) is 0 Å². The van der Waals surface area contributed by atoms with Gasteiger partial charge in [-0.1, -0.05) is 12.1 Å². The van der Waals surface area contributed by atoms with Gasteiger partial charge in [-0.3, -0.25) is 4.79 Å². The van der Waals surface area contributed by atoms with E-state index in [4.69, 9.17) is 10.5 Å². The van der Waals surface area contributed by atoms with E-state index in [0.29, 0.717) is 17.0 Å². The quantitative estimate of drug-likeness (QED) is 0.445. The van der Waals surface area contributed by atoms with Crippen LogP contribution in [0.1, 0.15) is 15.9 Å². The average molecular weight is 427 g/mol.